The number of hydrogen-bond donors (Lipinski definition) is 3. The first-order valence-electron chi connectivity index (χ1n) is 5.73. The number of carbonyl (C=O) groups excluding carboxylic acids is 1. The van der Waals surface area contributed by atoms with Crippen molar-refractivity contribution in [1.29, 1.82) is 0 Å². The van der Waals surface area contributed by atoms with Crippen molar-refractivity contribution in [2.75, 3.05) is 18.4 Å². The second-order valence-electron chi connectivity index (χ2n) is 4.12. The predicted molar refractivity (Wildman–Crippen MR) is 71.9 cm³/mol. The molecule has 0 saturated carbocycles. The highest BCUT2D eigenvalue weighted by Gasteiger charge is 2.22. The molecule has 0 aliphatic carbocycles. The van der Waals surface area contributed by atoms with Gasteiger partial charge in [-0.2, -0.15) is 0 Å². The lowest BCUT2D eigenvalue weighted by atomic mass is 10.1. The number of halogens is 1. The molecule has 1 atom stereocenters. The number of carbonyl (C=O) groups is 1. The smallest absolute Gasteiger partial charge is 0.241 e. The van der Waals surface area contributed by atoms with Gasteiger partial charge in [0.25, 0.3) is 0 Å². The number of nitrogens with one attached hydrogen (secondary N) is 2. The summed E-state index contributed by atoms with van der Waals surface area (Å²) in [5, 5.41) is 6.11. The van der Waals surface area contributed by atoms with Crippen molar-refractivity contribution >= 4 is 27.5 Å². The van der Waals surface area contributed by atoms with E-state index in [0.29, 0.717) is 13.1 Å². The number of anilines is 1. The molecule has 0 radical (unpaired) electrons. The Morgan fingerprint density at radius 3 is 3.12 bits per heavy atom. The summed E-state index contributed by atoms with van der Waals surface area (Å²) in [6.45, 7) is 1.21. The molecule has 0 bridgehead atoms. The summed E-state index contributed by atoms with van der Waals surface area (Å²) in [6.07, 6.45) is 1.69. The Balaban J connectivity index is 2.13. The van der Waals surface area contributed by atoms with Crippen LogP contribution >= 0.6 is 15.9 Å². The van der Waals surface area contributed by atoms with E-state index in [1.54, 1.807) is 0 Å². The minimum Gasteiger partial charge on any atom is -0.329 e. The molecule has 92 valence electrons. The molecule has 5 heteroatoms. The Hall–Kier alpha value is -0.910. The Morgan fingerprint density at radius 2 is 2.35 bits per heavy atom. The molecular formula is C12H16BrN3O. The molecule has 4 nitrogen and oxygen atoms in total. The summed E-state index contributed by atoms with van der Waals surface area (Å²) >= 11 is 3.44. The fourth-order valence-electron chi connectivity index (χ4n) is 1.99. The quantitative estimate of drug-likeness (QED) is 0.787. The Kier molecular flexibility index (Phi) is 4.15. The average molecular weight is 298 g/mol. The maximum atomic E-state index is 11.9. The van der Waals surface area contributed by atoms with Crippen molar-refractivity contribution in [3.63, 3.8) is 0 Å². The Labute approximate surface area is 109 Å². The zero-order valence-electron chi connectivity index (χ0n) is 9.50. The van der Waals surface area contributed by atoms with Crippen LogP contribution in [0.5, 0.6) is 0 Å². The molecule has 0 saturated heterocycles. The van der Waals surface area contributed by atoms with Crippen LogP contribution in [0.1, 0.15) is 12.0 Å². The highest BCUT2D eigenvalue weighted by molar-refractivity contribution is 9.10. The first-order chi connectivity index (χ1) is 8.20. The van der Waals surface area contributed by atoms with Crippen LogP contribution < -0.4 is 16.4 Å². The molecule has 0 spiro atoms. The van der Waals surface area contributed by atoms with Gasteiger partial charge in [0.15, 0.2) is 0 Å². The van der Waals surface area contributed by atoms with E-state index in [4.69, 9.17) is 5.73 Å². The highest BCUT2D eigenvalue weighted by Crippen LogP contribution is 2.25. The molecule has 17 heavy (non-hydrogen) atoms. The van der Waals surface area contributed by atoms with Gasteiger partial charge in [-0.05, 0) is 36.6 Å². The summed E-state index contributed by atoms with van der Waals surface area (Å²) in [5.41, 5.74) is 7.52. The molecule has 2 rings (SSSR count). The summed E-state index contributed by atoms with van der Waals surface area (Å²) in [5.74, 6) is 0.0273. The van der Waals surface area contributed by atoms with Crippen molar-refractivity contribution in [3.05, 3.63) is 28.2 Å². The first-order valence-corrected chi connectivity index (χ1v) is 6.53. The molecule has 1 aromatic carbocycles. The van der Waals surface area contributed by atoms with E-state index in [1.807, 2.05) is 12.1 Å². The molecule has 1 unspecified atom stereocenters. The van der Waals surface area contributed by atoms with E-state index in [0.717, 1.165) is 23.0 Å². The van der Waals surface area contributed by atoms with E-state index >= 15 is 0 Å². The van der Waals surface area contributed by atoms with Gasteiger partial charge in [-0.15, -0.1) is 0 Å². The van der Waals surface area contributed by atoms with E-state index in [9.17, 15) is 4.79 Å². The second kappa shape index (κ2) is 5.62. The van der Waals surface area contributed by atoms with Gasteiger partial charge < -0.3 is 16.4 Å². The highest BCUT2D eigenvalue weighted by atomic mass is 79.9. The molecule has 1 aliphatic rings. The van der Waals surface area contributed by atoms with Crippen molar-refractivity contribution in [1.82, 2.24) is 5.32 Å². The summed E-state index contributed by atoms with van der Waals surface area (Å²) in [4.78, 5) is 11.9. The molecular weight excluding hydrogens is 282 g/mol. The number of rotatable bonds is 3. The molecule has 0 fully saturated rings. The minimum absolute atomic E-state index is 0.0273. The van der Waals surface area contributed by atoms with Crippen LogP contribution in [-0.2, 0) is 11.2 Å². The van der Waals surface area contributed by atoms with Gasteiger partial charge in [-0.3, -0.25) is 4.79 Å². The number of amides is 1. The van der Waals surface area contributed by atoms with E-state index < -0.39 is 0 Å². The van der Waals surface area contributed by atoms with Gasteiger partial charge in [0.1, 0.15) is 0 Å². The largest absolute Gasteiger partial charge is 0.329 e. The van der Waals surface area contributed by atoms with E-state index in [2.05, 4.69) is 32.6 Å². The first kappa shape index (κ1) is 12.5. The maximum absolute atomic E-state index is 11.9. The average Bonchev–Trinajstić information content (AvgIpc) is 2.46. The van der Waals surface area contributed by atoms with Crippen LogP contribution in [0, 0.1) is 0 Å². The maximum Gasteiger partial charge on any atom is 0.241 e. The number of hydrogen-bond acceptors (Lipinski definition) is 3. The number of benzene rings is 1. The second-order valence-corrected chi connectivity index (χ2v) is 5.04. The monoisotopic (exact) mass is 297 g/mol. The lowest BCUT2D eigenvalue weighted by Gasteiger charge is -2.14. The molecule has 1 heterocycles. The van der Waals surface area contributed by atoms with E-state index in [-0.39, 0.29) is 11.9 Å². The van der Waals surface area contributed by atoms with Crippen LogP contribution in [0.25, 0.3) is 0 Å². The van der Waals surface area contributed by atoms with Crippen LogP contribution in [0.2, 0.25) is 0 Å². The molecule has 1 amide bonds. The number of fused-ring (bicyclic) bond motifs is 1. The van der Waals surface area contributed by atoms with Gasteiger partial charge >= 0.3 is 0 Å². The Morgan fingerprint density at radius 1 is 1.53 bits per heavy atom. The van der Waals surface area contributed by atoms with Crippen LogP contribution in [-0.4, -0.2) is 25.0 Å². The predicted octanol–water partition coefficient (Wildman–Crippen LogP) is 1.25. The van der Waals surface area contributed by atoms with Gasteiger partial charge in [-0.1, -0.05) is 15.9 Å². The SMILES string of the molecule is NCCNC1CCc2cc(Br)ccc2NC1=O. The van der Waals surface area contributed by atoms with E-state index in [1.165, 1.54) is 5.56 Å². The van der Waals surface area contributed by atoms with Gasteiger partial charge in [-0.25, -0.2) is 0 Å². The van der Waals surface area contributed by atoms with Crippen molar-refractivity contribution in [2.45, 2.75) is 18.9 Å². The summed E-state index contributed by atoms with van der Waals surface area (Å²) in [6, 6.07) is 5.78. The normalized spacial score (nSPS) is 19.4. The standard InChI is InChI=1S/C12H16BrN3O/c13-9-2-4-10-8(7-9)1-3-11(12(17)16-10)15-6-5-14/h2,4,7,11,15H,1,3,5-6,14H2,(H,16,17). The molecule has 1 aliphatic heterocycles. The third kappa shape index (κ3) is 3.06. The number of aryl methyl sites for hydroxylation is 1. The van der Waals surface area contributed by atoms with Crippen molar-refractivity contribution in [3.8, 4) is 0 Å². The third-order valence-electron chi connectivity index (χ3n) is 2.88. The van der Waals surface area contributed by atoms with Gasteiger partial charge in [0, 0.05) is 23.2 Å². The fourth-order valence-corrected chi connectivity index (χ4v) is 2.40. The Bertz CT molecular complexity index is 422. The lowest BCUT2D eigenvalue weighted by Crippen LogP contribution is -2.41. The van der Waals surface area contributed by atoms with Crippen LogP contribution in [0.4, 0.5) is 5.69 Å². The topological polar surface area (TPSA) is 67.2 Å². The molecule has 0 aromatic heterocycles. The van der Waals surface area contributed by atoms with Gasteiger partial charge in [0.05, 0.1) is 6.04 Å². The van der Waals surface area contributed by atoms with Crippen LogP contribution in [0.3, 0.4) is 0 Å². The fraction of sp³-hybridized carbons (Fsp3) is 0.417. The lowest BCUT2D eigenvalue weighted by molar-refractivity contribution is -0.118. The minimum atomic E-state index is -0.148. The zero-order chi connectivity index (χ0) is 12.3. The van der Waals surface area contributed by atoms with Crippen LogP contribution in [0.15, 0.2) is 22.7 Å². The zero-order valence-corrected chi connectivity index (χ0v) is 11.1. The van der Waals surface area contributed by atoms with Crippen molar-refractivity contribution in [2.24, 2.45) is 5.73 Å². The number of nitrogens with two attached hydrogens (primary N) is 1. The molecule has 4 N–H and O–H groups in total. The van der Waals surface area contributed by atoms with Crippen molar-refractivity contribution < 1.29 is 4.79 Å². The summed E-state index contributed by atoms with van der Waals surface area (Å²) in [7, 11) is 0. The summed E-state index contributed by atoms with van der Waals surface area (Å²) < 4.78 is 1.04. The third-order valence-corrected chi connectivity index (χ3v) is 3.37. The van der Waals surface area contributed by atoms with Gasteiger partial charge in [0.2, 0.25) is 5.91 Å². The molecule has 1 aromatic rings.